The van der Waals surface area contributed by atoms with Crippen LogP contribution in [0, 0.1) is 6.92 Å². The van der Waals surface area contributed by atoms with Gasteiger partial charge in [0, 0.05) is 34.9 Å². The first-order chi connectivity index (χ1) is 13.6. The monoisotopic (exact) mass is 411 g/mol. The van der Waals surface area contributed by atoms with E-state index in [9.17, 15) is 0 Å². The molecule has 1 aliphatic heterocycles. The summed E-state index contributed by atoms with van der Waals surface area (Å²) in [6.07, 6.45) is 4.59. The summed E-state index contributed by atoms with van der Waals surface area (Å²) in [6, 6.07) is 13.9. The van der Waals surface area contributed by atoms with Crippen molar-refractivity contribution in [3.8, 4) is 11.4 Å². The number of benzene rings is 2. The van der Waals surface area contributed by atoms with E-state index in [1.165, 1.54) is 19.3 Å². The van der Waals surface area contributed by atoms with Gasteiger partial charge >= 0.3 is 0 Å². The first-order valence-electron chi connectivity index (χ1n) is 9.47. The van der Waals surface area contributed by atoms with Crippen LogP contribution in [-0.2, 0) is 13.0 Å². The van der Waals surface area contributed by atoms with Crippen LogP contribution in [0.1, 0.15) is 30.7 Å². The lowest BCUT2D eigenvalue weighted by Gasteiger charge is -2.13. The number of hydrogen-bond donors (Lipinski definition) is 2. The van der Waals surface area contributed by atoms with Crippen molar-refractivity contribution in [1.29, 1.82) is 0 Å². The summed E-state index contributed by atoms with van der Waals surface area (Å²) in [6.45, 7) is 2.95. The normalized spacial score (nSPS) is 13.5. The van der Waals surface area contributed by atoms with E-state index in [-0.39, 0.29) is 0 Å². The number of nitrogens with zero attached hydrogens (tertiary/aromatic N) is 3. The fourth-order valence-electron chi connectivity index (χ4n) is 3.40. The third-order valence-electron chi connectivity index (χ3n) is 4.92. The number of hydrogen-bond acceptors (Lipinski definition) is 3. The molecule has 0 saturated carbocycles. The fraction of sp³-hybridized carbons (Fsp3) is 0.286. The second-order valence-corrected chi connectivity index (χ2v) is 7.84. The van der Waals surface area contributed by atoms with Crippen LogP contribution in [0.2, 0.25) is 5.02 Å². The Bertz CT molecular complexity index is 1010. The molecule has 1 aromatic heterocycles. The number of rotatable bonds is 3. The minimum Gasteiger partial charge on any atom is -0.332 e. The van der Waals surface area contributed by atoms with Crippen molar-refractivity contribution in [3.63, 3.8) is 0 Å². The number of aromatic nitrogens is 3. The molecular weight excluding hydrogens is 390 g/mol. The van der Waals surface area contributed by atoms with Crippen LogP contribution < -0.4 is 10.6 Å². The van der Waals surface area contributed by atoms with Gasteiger partial charge in [-0.3, -0.25) is 0 Å². The Labute approximate surface area is 175 Å². The Hall–Kier alpha value is -2.44. The van der Waals surface area contributed by atoms with Gasteiger partial charge in [0.05, 0.1) is 0 Å². The lowest BCUT2D eigenvalue weighted by molar-refractivity contribution is 0.636. The average Bonchev–Trinajstić information content (AvgIpc) is 2.93. The number of aryl methyl sites for hydroxylation is 2. The SMILES string of the molecule is Cc1ccc(NC(=S)Nc2cccc(-c3nnc4n3CCCCC4)c2)cc1Cl. The van der Waals surface area contributed by atoms with Crippen LogP contribution in [0.5, 0.6) is 0 Å². The Balaban J connectivity index is 1.50. The summed E-state index contributed by atoms with van der Waals surface area (Å²) < 4.78 is 2.25. The summed E-state index contributed by atoms with van der Waals surface area (Å²) in [5, 5.41) is 16.5. The topological polar surface area (TPSA) is 54.8 Å². The predicted octanol–water partition coefficient (Wildman–Crippen LogP) is 5.44. The number of anilines is 2. The van der Waals surface area contributed by atoms with E-state index in [0.29, 0.717) is 10.1 Å². The Morgan fingerprint density at radius 1 is 1.04 bits per heavy atom. The van der Waals surface area contributed by atoms with Gasteiger partial charge in [-0.1, -0.05) is 36.2 Å². The third-order valence-corrected chi connectivity index (χ3v) is 5.53. The van der Waals surface area contributed by atoms with E-state index in [1.54, 1.807) is 0 Å². The minimum atomic E-state index is 0.511. The maximum absolute atomic E-state index is 6.19. The summed E-state index contributed by atoms with van der Waals surface area (Å²) >= 11 is 11.6. The molecule has 2 aromatic carbocycles. The van der Waals surface area contributed by atoms with Crippen LogP contribution in [0.15, 0.2) is 42.5 Å². The van der Waals surface area contributed by atoms with Gasteiger partial charge in [-0.2, -0.15) is 0 Å². The standard InChI is InChI=1S/C21H22ClN5S/c1-14-9-10-17(13-18(14)22)24-21(28)23-16-7-5-6-15(12-16)20-26-25-19-8-3-2-4-11-27(19)20/h5-7,9-10,12-13H,2-4,8,11H2,1H3,(H2,23,24,28). The van der Waals surface area contributed by atoms with E-state index in [1.807, 2.05) is 37.3 Å². The maximum Gasteiger partial charge on any atom is 0.175 e. The van der Waals surface area contributed by atoms with Crippen molar-refractivity contribution in [2.45, 2.75) is 39.2 Å². The molecule has 144 valence electrons. The molecule has 0 spiro atoms. The third kappa shape index (κ3) is 4.18. The fourth-order valence-corrected chi connectivity index (χ4v) is 3.81. The zero-order chi connectivity index (χ0) is 19.5. The summed E-state index contributed by atoms with van der Waals surface area (Å²) in [4.78, 5) is 0. The number of halogens is 1. The molecular formula is C21H22ClN5S. The van der Waals surface area contributed by atoms with Crippen molar-refractivity contribution in [3.05, 3.63) is 58.9 Å². The summed E-state index contributed by atoms with van der Waals surface area (Å²) in [7, 11) is 0. The average molecular weight is 412 g/mol. The van der Waals surface area contributed by atoms with Crippen LogP contribution in [0.4, 0.5) is 11.4 Å². The molecule has 4 rings (SSSR count). The van der Waals surface area contributed by atoms with Crippen molar-refractivity contribution in [2.75, 3.05) is 10.6 Å². The molecule has 0 fully saturated rings. The van der Waals surface area contributed by atoms with E-state index in [0.717, 1.165) is 47.1 Å². The highest BCUT2D eigenvalue weighted by Crippen LogP contribution is 2.25. The molecule has 0 atom stereocenters. The first kappa shape index (κ1) is 18.9. The summed E-state index contributed by atoms with van der Waals surface area (Å²) in [5.41, 5.74) is 3.82. The molecule has 2 heterocycles. The van der Waals surface area contributed by atoms with Gasteiger partial charge < -0.3 is 15.2 Å². The van der Waals surface area contributed by atoms with E-state index in [2.05, 4.69) is 37.5 Å². The summed E-state index contributed by atoms with van der Waals surface area (Å²) in [5.74, 6) is 2.00. The van der Waals surface area contributed by atoms with Gasteiger partial charge in [0.2, 0.25) is 0 Å². The molecule has 5 nitrogen and oxygen atoms in total. The van der Waals surface area contributed by atoms with E-state index >= 15 is 0 Å². The van der Waals surface area contributed by atoms with Crippen LogP contribution in [0.3, 0.4) is 0 Å². The van der Waals surface area contributed by atoms with E-state index in [4.69, 9.17) is 23.8 Å². The zero-order valence-corrected chi connectivity index (χ0v) is 17.3. The lowest BCUT2D eigenvalue weighted by Crippen LogP contribution is -2.19. The minimum absolute atomic E-state index is 0.511. The predicted molar refractivity (Wildman–Crippen MR) is 119 cm³/mol. The van der Waals surface area contributed by atoms with Crippen LogP contribution >= 0.6 is 23.8 Å². The molecule has 0 radical (unpaired) electrons. The van der Waals surface area contributed by atoms with Crippen molar-refractivity contribution in [1.82, 2.24) is 14.8 Å². The molecule has 0 bridgehead atoms. The second-order valence-electron chi connectivity index (χ2n) is 7.03. The maximum atomic E-state index is 6.19. The highest BCUT2D eigenvalue weighted by Gasteiger charge is 2.16. The Morgan fingerprint density at radius 2 is 1.86 bits per heavy atom. The lowest BCUT2D eigenvalue weighted by atomic mass is 10.2. The molecule has 0 saturated heterocycles. The quantitative estimate of drug-likeness (QED) is 0.562. The number of thiocarbonyl (C=S) groups is 1. The highest BCUT2D eigenvalue weighted by molar-refractivity contribution is 7.80. The largest absolute Gasteiger partial charge is 0.332 e. The molecule has 2 N–H and O–H groups in total. The molecule has 0 aliphatic carbocycles. The Morgan fingerprint density at radius 3 is 2.68 bits per heavy atom. The van der Waals surface area contributed by atoms with Crippen molar-refractivity contribution >= 4 is 40.3 Å². The molecule has 7 heteroatoms. The van der Waals surface area contributed by atoms with Gasteiger partial charge in [-0.05, 0) is 61.8 Å². The Kier molecular flexibility index (Phi) is 5.59. The second kappa shape index (κ2) is 8.29. The molecule has 3 aromatic rings. The van der Waals surface area contributed by atoms with Gasteiger partial charge in [0.1, 0.15) is 5.82 Å². The molecule has 28 heavy (non-hydrogen) atoms. The van der Waals surface area contributed by atoms with Gasteiger partial charge in [0.15, 0.2) is 10.9 Å². The molecule has 0 amide bonds. The highest BCUT2D eigenvalue weighted by atomic mass is 35.5. The van der Waals surface area contributed by atoms with Crippen molar-refractivity contribution < 1.29 is 0 Å². The van der Waals surface area contributed by atoms with E-state index < -0.39 is 0 Å². The smallest absolute Gasteiger partial charge is 0.175 e. The molecule has 0 unspecified atom stereocenters. The first-order valence-corrected chi connectivity index (χ1v) is 10.3. The van der Waals surface area contributed by atoms with Crippen LogP contribution in [-0.4, -0.2) is 19.9 Å². The van der Waals surface area contributed by atoms with Gasteiger partial charge in [0.25, 0.3) is 0 Å². The number of nitrogens with one attached hydrogen (secondary N) is 2. The van der Waals surface area contributed by atoms with Crippen LogP contribution in [0.25, 0.3) is 11.4 Å². The number of fused-ring (bicyclic) bond motifs is 1. The zero-order valence-electron chi connectivity index (χ0n) is 15.7. The van der Waals surface area contributed by atoms with Gasteiger partial charge in [-0.25, -0.2) is 0 Å². The molecule has 1 aliphatic rings. The van der Waals surface area contributed by atoms with Gasteiger partial charge in [-0.15, -0.1) is 10.2 Å². The van der Waals surface area contributed by atoms with Crippen molar-refractivity contribution in [2.24, 2.45) is 0 Å².